The Morgan fingerprint density at radius 3 is 2.61 bits per heavy atom. The lowest BCUT2D eigenvalue weighted by molar-refractivity contribution is 0.100. The fourth-order valence-electron chi connectivity index (χ4n) is 2.44. The van der Waals surface area contributed by atoms with Crippen LogP contribution in [0.1, 0.15) is 43.0 Å². The average molecular weight is 267 g/mol. The van der Waals surface area contributed by atoms with Gasteiger partial charge in [0.25, 0.3) is 0 Å². The maximum Gasteiger partial charge on any atom is 0.250 e. The van der Waals surface area contributed by atoms with Crippen molar-refractivity contribution in [1.29, 1.82) is 0 Å². The lowest BCUT2D eigenvalue weighted by atomic mass is 9.87. The SMILES string of the molecule is CC1CCC(Nc2ccc(Cl)c(C(N)=O)c2)CC1. The second-order valence-corrected chi connectivity index (χ2v) is 5.57. The summed E-state index contributed by atoms with van der Waals surface area (Å²) >= 11 is 5.92. The third-order valence-corrected chi connectivity index (χ3v) is 3.95. The summed E-state index contributed by atoms with van der Waals surface area (Å²) in [6, 6.07) is 5.84. The normalized spacial score (nSPS) is 23.7. The first-order valence-electron chi connectivity index (χ1n) is 6.42. The molecule has 1 saturated carbocycles. The minimum atomic E-state index is -0.485. The van der Waals surface area contributed by atoms with E-state index in [0.29, 0.717) is 16.6 Å². The lowest BCUT2D eigenvalue weighted by Crippen LogP contribution is -2.25. The van der Waals surface area contributed by atoms with E-state index in [4.69, 9.17) is 17.3 Å². The van der Waals surface area contributed by atoms with E-state index < -0.39 is 5.91 Å². The van der Waals surface area contributed by atoms with E-state index in [9.17, 15) is 4.79 Å². The first-order chi connectivity index (χ1) is 8.56. The van der Waals surface area contributed by atoms with Crippen molar-refractivity contribution in [3.63, 3.8) is 0 Å². The maximum absolute atomic E-state index is 11.2. The van der Waals surface area contributed by atoms with Crippen LogP contribution in [0.2, 0.25) is 5.02 Å². The molecule has 0 atom stereocenters. The quantitative estimate of drug-likeness (QED) is 0.881. The number of nitrogens with one attached hydrogen (secondary N) is 1. The molecule has 3 N–H and O–H groups in total. The highest BCUT2D eigenvalue weighted by molar-refractivity contribution is 6.33. The van der Waals surface area contributed by atoms with Gasteiger partial charge < -0.3 is 11.1 Å². The molecule has 3 nitrogen and oxygen atoms in total. The number of carbonyl (C=O) groups excluding carboxylic acids is 1. The van der Waals surface area contributed by atoms with Crippen molar-refractivity contribution in [2.75, 3.05) is 5.32 Å². The summed E-state index contributed by atoms with van der Waals surface area (Å²) in [6.07, 6.45) is 4.87. The van der Waals surface area contributed by atoms with Crippen molar-refractivity contribution < 1.29 is 4.79 Å². The molecule has 4 heteroatoms. The van der Waals surface area contributed by atoms with Gasteiger partial charge in [0.1, 0.15) is 0 Å². The molecule has 0 saturated heterocycles. The molecule has 1 aromatic rings. The van der Waals surface area contributed by atoms with Crippen molar-refractivity contribution in [3.05, 3.63) is 28.8 Å². The van der Waals surface area contributed by atoms with E-state index in [0.717, 1.165) is 11.6 Å². The predicted octanol–water partition coefficient (Wildman–Crippen LogP) is 3.43. The van der Waals surface area contributed by atoms with Gasteiger partial charge in [0.2, 0.25) is 5.91 Å². The minimum absolute atomic E-state index is 0.380. The summed E-state index contributed by atoms with van der Waals surface area (Å²) < 4.78 is 0. The molecule has 0 aliphatic heterocycles. The molecule has 1 amide bonds. The molecule has 0 spiro atoms. The van der Waals surface area contributed by atoms with Crippen molar-refractivity contribution >= 4 is 23.2 Å². The zero-order valence-electron chi connectivity index (χ0n) is 10.6. The number of rotatable bonds is 3. The van der Waals surface area contributed by atoms with Gasteiger partial charge in [-0.2, -0.15) is 0 Å². The number of hydrogen-bond donors (Lipinski definition) is 2. The Balaban J connectivity index is 2.05. The molecule has 98 valence electrons. The number of amides is 1. The van der Waals surface area contributed by atoms with Crippen LogP contribution in [0, 0.1) is 5.92 Å². The minimum Gasteiger partial charge on any atom is -0.382 e. The number of hydrogen-bond acceptors (Lipinski definition) is 2. The monoisotopic (exact) mass is 266 g/mol. The molecule has 0 bridgehead atoms. The molecule has 0 unspecified atom stereocenters. The largest absolute Gasteiger partial charge is 0.382 e. The number of halogens is 1. The highest BCUT2D eigenvalue weighted by Gasteiger charge is 2.18. The van der Waals surface area contributed by atoms with Crippen molar-refractivity contribution in [2.45, 2.75) is 38.6 Å². The Hall–Kier alpha value is -1.22. The van der Waals surface area contributed by atoms with Crippen molar-refractivity contribution in [2.24, 2.45) is 11.7 Å². The highest BCUT2D eigenvalue weighted by Crippen LogP contribution is 2.27. The van der Waals surface area contributed by atoms with E-state index in [2.05, 4.69) is 12.2 Å². The number of benzene rings is 1. The lowest BCUT2D eigenvalue weighted by Gasteiger charge is -2.27. The summed E-state index contributed by atoms with van der Waals surface area (Å²) in [4.78, 5) is 11.2. The molecule has 2 rings (SSSR count). The standard InChI is InChI=1S/C14H19ClN2O/c1-9-2-4-10(5-3-9)17-11-6-7-13(15)12(8-11)14(16)18/h6-10,17H,2-5H2,1H3,(H2,16,18). The van der Waals surface area contributed by atoms with Crippen LogP contribution >= 0.6 is 11.6 Å². The molecule has 1 aromatic carbocycles. The number of primary amides is 1. The maximum atomic E-state index is 11.2. The third-order valence-electron chi connectivity index (χ3n) is 3.62. The van der Waals surface area contributed by atoms with E-state index in [1.807, 2.05) is 6.07 Å². The molecular formula is C14H19ClN2O. The second-order valence-electron chi connectivity index (χ2n) is 5.16. The molecule has 1 aliphatic carbocycles. The van der Waals surface area contributed by atoms with Crippen LogP contribution in [0.4, 0.5) is 5.69 Å². The van der Waals surface area contributed by atoms with Crippen LogP contribution in [0.3, 0.4) is 0 Å². The van der Waals surface area contributed by atoms with Gasteiger partial charge in [0, 0.05) is 11.7 Å². The molecule has 1 fully saturated rings. The van der Waals surface area contributed by atoms with Crippen LogP contribution in [0.5, 0.6) is 0 Å². The number of carbonyl (C=O) groups is 1. The first kappa shape index (κ1) is 13.2. The average Bonchev–Trinajstić information content (AvgIpc) is 2.34. The molecule has 0 radical (unpaired) electrons. The van der Waals surface area contributed by atoms with Gasteiger partial charge in [-0.3, -0.25) is 4.79 Å². The van der Waals surface area contributed by atoms with E-state index >= 15 is 0 Å². The van der Waals surface area contributed by atoms with E-state index in [1.54, 1.807) is 12.1 Å². The van der Waals surface area contributed by atoms with Gasteiger partial charge in [-0.25, -0.2) is 0 Å². The molecule has 0 heterocycles. The van der Waals surface area contributed by atoms with Crippen LogP contribution in [0.25, 0.3) is 0 Å². The fourth-order valence-corrected chi connectivity index (χ4v) is 2.65. The Bertz CT molecular complexity index is 439. The second kappa shape index (κ2) is 5.61. The summed E-state index contributed by atoms with van der Waals surface area (Å²) in [6.45, 7) is 2.30. The molecule has 0 aromatic heterocycles. The summed E-state index contributed by atoms with van der Waals surface area (Å²) in [5, 5.41) is 3.87. The Morgan fingerprint density at radius 2 is 2.00 bits per heavy atom. The topological polar surface area (TPSA) is 55.1 Å². The van der Waals surface area contributed by atoms with Gasteiger partial charge in [0.15, 0.2) is 0 Å². The smallest absolute Gasteiger partial charge is 0.250 e. The van der Waals surface area contributed by atoms with Gasteiger partial charge in [-0.15, -0.1) is 0 Å². The molecule has 1 aliphatic rings. The Morgan fingerprint density at radius 1 is 1.33 bits per heavy atom. The van der Waals surface area contributed by atoms with Crippen molar-refractivity contribution in [1.82, 2.24) is 0 Å². The summed E-state index contributed by atoms with van der Waals surface area (Å²) in [7, 11) is 0. The van der Waals surface area contributed by atoms with Crippen LogP contribution in [-0.2, 0) is 0 Å². The predicted molar refractivity (Wildman–Crippen MR) is 75.0 cm³/mol. The van der Waals surface area contributed by atoms with Crippen LogP contribution in [-0.4, -0.2) is 11.9 Å². The van der Waals surface area contributed by atoms with Crippen molar-refractivity contribution in [3.8, 4) is 0 Å². The van der Waals surface area contributed by atoms with Crippen LogP contribution in [0.15, 0.2) is 18.2 Å². The van der Waals surface area contributed by atoms with E-state index in [-0.39, 0.29) is 0 Å². The highest BCUT2D eigenvalue weighted by atomic mass is 35.5. The third kappa shape index (κ3) is 3.16. The van der Waals surface area contributed by atoms with Gasteiger partial charge in [0.05, 0.1) is 10.6 Å². The fraction of sp³-hybridized carbons (Fsp3) is 0.500. The van der Waals surface area contributed by atoms with Gasteiger partial charge >= 0.3 is 0 Å². The number of nitrogens with two attached hydrogens (primary N) is 1. The van der Waals surface area contributed by atoms with Crippen LogP contribution < -0.4 is 11.1 Å². The zero-order valence-corrected chi connectivity index (χ0v) is 11.3. The Kier molecular flexibility index (Phi) is 4.12. The molecule has 18 heavy (non-hydrogen) atoms. The van der Waals surface area contributed by atoms with E-state index in [1.165, 1.54) is 25.7 Å². The van der Waals surface area contributed by atoms with Gasteiger partial charge in [-0.1, -0.05) is 18.5 Å². The van der Waals surface area contributed by atoms with Gasteiger partial charge in [-0.05, 0) is 49.8 Å². The Labute approximate surface area is 113 Å². The summed E-state index contributed by atoms with van der Waals surface area (Å²) in [5.74, 6) is 0.343. The number of anilines is 1. The summed E-state index contributed by atoms with van der Waals surface area (Å²) in [5.41, 5.74) is 6.59. The first-order valence-corrected chi connectivity index (χ1v) is 6.80. The zero-order chi connectivity index (χ0) is 13.1. The molecular weight excluding hydrogens is 248 g/mol.